The Bertz CT molecular complexity index is 1440. The van der Waals surface area contributed by atoms with Crippen LogP contribution >= 0.6 is 0 Å². The molecular formula is C26H20F3NO4. The summed E-state index contributed by atoms with van der Waals surface area (Å²) in [6, 6.07) is 11.7. The van der Waals surface area contributed by atoms with Gasteiger partial charge in [-0.05, 0) is 42.3 Å². The van der Waals surface area contributed by atoms with E-state index in [1.165, 1.54) is 24.3 Å². The lowest BCUT2D eigenvalue weighted by Gasteiger charge is -2.27. The number of phenols is 1. The van der Waals surface area contributed by atoms with Crippen LogP contribution in [0.3, 0.4) is 0 Å². The molecular weight excluding hydrogens is 447 g/mol. The van der Waals surface area contributed by atoms with Gasteiger partial charge in [-0.1, -0.05) is 19.1 Å². The van der Waals surface area contributed by atoms with Crippen molar-refractivity contribution in [3.8, 4) is 22.6 Å². The lowest BCUT2D eigenvalue weighted by Crippen LogP contribution is -2.26. The molecule has 1 aliphatic heterocycles. The van der Waals surface area contributed by atoms with E-state index in [4.69, 9.17) is 4.74 Å². The van der Waals surface area contributed by atoms with Crippen LogP contribution in [0.2, 0.25) is 0 Å². The molecule has 1 saturated heterocycles. The average Bonchev–Trinajstić information content (AvgIpc) is 3.38. The first-order valence-corrected chi connectivity index (χ1v) is 10.6. The van der Waals surface area contributed by atoms with Gasteiger partial charge >= 0.3 is 5.97 Å². The maximum atomic E-state index is 14.5. The van der Waals surface area contributed by atoms with E-state index < -0.39 is 28.8 Å². The number of hydrogen-bond donors (Lipinski definition) is 2. The number of nitrogens with zero attached hydrogens (tertiary/aromatic N) is 1. The Hall–Kier alpha value is -3.78. The number of carboxylic acids is 1. The minimum atomic E-state index is -1.09. The second-order valence-electron chi connectivity index (χ2n) is 8.72. The monoisotopic (exact) mass is 467 g/mol. The summed E-state index contributed by atoms with van der Waals surface area (Å²) >= 11 is 0. The van der Waals surface area contributed by atoms with Gasteiger partial charge in [-0.25, -0.2) is 18.0 Å². The molecule has 3 aromatic carbocycles. The van der Waals surface area contributed by atoms with Crippen molar-refractivity contribution in [3.05, 3.63) is 83.3 Å². The quantitative estimate of drug-likeness (QED) is 0.398. The van der Waals surface area contributed by atoms with Crippen molar-refractivity contribution >= 4 is 16.9 Å². The Balaban J connectivity index is 1.94. The van der Waals surface area contributed by atoms with Crippen LogP contribution in [0, 0.1) is 17.5 Å². The lowest BCUT2D eigenvalue weighted by atomic mass is 9.81. The average molecular weight is 467 g/mol. The molecule has 1 fully saturated rings. The Morgan fingerprint density at radius 3 is 2.38 bits per heavy atom. The number of fused-ring (bicyclic) bond motifs is 1. The number of halogens is 3. The summed E-state index contributed by atoms with van der Waals surface area (Å²) < 4.78 is 49.8. The van der Waals surface area contributed by atoms with E-state index in [1.807, 2.05) is 6.92 Å². The molecule has 2 N–H and O–H groups in total. The van der Waals surface area contributed by atoms with Crippen molar-refractivity contribution in [2.45, 2.75) is 18.8 Å². The summed E-state index contributed by atoms with van der Waals surface area (Å²) in [6.07, 6.45) is 0.594. The maximum absolute atomic E-state index is 14.5. The molecule has 1 aromatic heterocycles. The van der Waals surface area contributed by atoms with Crippen LogP contribution in [0.25, 0.3) is 27.7 Å². The maximum Gasteiger partial charge on any atom is 0.335 e. The van der Waals surface area contributed by atoms with Gasteiger partial charge in [-0.15, -0.1) is 0 Å². The van der Waals surface area contributed by atoms with Gasteiger partial charge in [0.2, 0.25) is 0 Å². The van der Waals surface area contributed by atoms with Crippen molar-refractivity contribution < 1.29 is 32.9 Å². The van der Waals surface area contributed by atoms with E-state index in [2.05, 4.69) is 0 Å². The van der Waals surface area contributed by atoms with Crippen LogP contribution in [0.4, 0.5) is 13.2 Å². The Morgan fingerprint density at radius 2 is 1.76 bits per heavy atom. The first-order chi connectivity index (χ1) is 16.2. The molecule has 0 aliphatic carbocycles. The van der Waals surface area contributed by atoms with Gasteiger partial charge in [0.25, 0.3) is 0 Å². The van der Waals surface area contributed by atoms with Crippen LogP contribution in [-0.2, 0) is 10.2 Å². The lowest BCUT2D eigenvalue weighted by molar-refractivity contribution is 0.0697. The second-order valence-corrected chi connectivity index (χ2v) is 8.72. The molecule has 0 amide bonds. The number of aromatic hydroxyl groups is 1. The molecule has 34 heavy (non-hydrogen) atoms. The molecule has 1 unspecified atom stereocenters. The normalized spacial score (nSPS) is 18.0. The Morgan fingerprint density at radius 1 is 1.03 bits per heavy atom. The van der Waals surface area contributed by atoms with Gasteiger partial charge in [-0.2, -0.15) is 0 Å². The Kier molecular flexibility index (Phi) is 5.13. The van der Waals surface area contributed by atoms with Crippen molar-refractivity contribution in [2.24, 2.45) is 0 Å². The number of carbonyl (C=O) groups is 1. The first kappa shape index (κ1) is 22.0. The highest BCUT2D eigenvalue weighted by Crippen LogP contribution is 2.48. The van der Waals surface area contributed by atoms with Gasteiger partial charge in [0.15, 0.2) is 11.6 Å². The zero-order valence-corrected chi connectivity index (χ0v) is 18.1. The third-order valence-electron chi connectivity index (χ3n) is 6.39. The number of aromatic nitrogens is 1. The highest BCUT2D eigenvalue weighted by molar-refractivity contribution is 6.04. The van der Waals surface area contributed by atoms with E-state index in [9.17, 15) is 28.2 Å². The number of carboxylic acid groups (broad SMARTS) is 1. The van der Waals surface area contributed by atoms with Crippen molar-refractivity contribution in [3.63, 3.8) is 0 Å². The fraction of sp³-hybridized carbons (Fsp3) is 0.192. The third-order valence-corrected chi connectivity index (χ3v) is 6.39. The third kappa shape index (κ3) is 3.42. The van der Waals surface area contributed by atoms with Crippen molar-refractivity contribution in [1.29, 1.82) is 0 Å². The van der Waals surface area contributed by atoms with Crippen LogP contribution in [0.15, 0.2) is 54.6 Å². The summed E-state index contributed by atoms with van der Waals surface area (Å²) in [5, 5.41) is 20.4. The summed E-state index contributed by atoms with van der Waals surface area (Å²) in [5.41, 5.74) is 1.74. The van der Waals surface area contributed by atoms with Crippen LogP contribution < -0.4 is 0 Å². The second kappa shape index (κ2) is 7.92. The van der Waals surface area contributed by atoms with E-state index in [-0.39, 0.29) is 22.5 Å². The van der Waals surface area contributed by atoms with E-state index >= 15 is 0 Å². The highest BCUT2D eigenvalue weighted by atomic mass is 19.2. The van der Waals surface area contributed by atoms with E-state index in [0.29, 0.717) is 41.8 Å². The smallest absolute Gasteiger partial charge is 0.335 e. The molecule has 174 valence electrons. The number of hydrogen-bond acceptors (Lipinski definition) is 3. The molecule has 0 radical (unpaired) electrons. The van der Waals surface area contributed by atoms with Crippen LogP contribution in [-0.4, -0.2) is 34.0 Å². The first-order valence-electron chi connectivity index (χ1n) is 10.6. The van der Waals surface area contributed by atoms with Gasteiger partial charge in [0, 0.05) is 41.1 Å². The SMILES string of the molecule is CC1(c2c(-c3ccc(C(=O)O)cc3)c3c(O)cc(F)cc3n2-c2ccc(F)c(F)c2)CCOC1. The van der Waals surface area contributed by atoms with Gasteiger partial charge in [0.1, 0.15) is 11.6 Å². The topological polar surface area (TPSA) is 71.7 Å². The molecule has 0 bridgehead atoms. The van der Waals surface area contributed by atoms with Crippen LogP contribution in [0.5, 0.6) is 5.75 Å². The van der Waals surface area contributed by atoms with Gasteiger partial charge < -0.3 is 19.5 Å². The Labute approximate surface area is 192 Å². The van der Waals surface area contributed by atoms with Gasteiger partial charge in [-0.3, -0.25) is 0 Å². The predicted octanol–water partition coefficient (Wildman–Crippen LogP) is 5.80. The number of benzene rings is 3. The minimum Gasteiger partial charge on any atom is -0.507 e. The summed E-state index contributed by atoms with van der Waals surface area (Å²) in [6.45, 7) is 2.73. The largest absolute Gasteiger partial charge is 0.507 e. The molecule has 1 atom stereocenters. The van der Waals surface area contributed by atoms with Crippen molar-refractivity contribution in [1.82, 2.24) is 4.57 Å². The zero-order valence-electron chi connectivity index (χ0n) is 18.1. The fourth-order valence-corrected chi connectivity index (χ4v) is 4.74. The van der Waals surface area contributed by atoms with Crippen LogP contribution in [0.1, 0.15) is 29.4 Å². The molecule has 5 nitrogen and oxygen atoms in total. The minimum absolute atomic E-state index is 0.0836. The molecule has 4 aromatic rings. The standard InChI is InChI=1S/C26H20F3NO4/c1-26(8-9-34-13-26)24-22(14-2-4-15(5-3-14)25(32)33)23-20(10-16(27)11-21(23)31)30(24)17-6-7-18(28)19(29)12-17/h2-7,10-12,31H,8-9,13H2,1H3,(H,32,33). The number of ether oxygens (including phenoxy) is 1. The van der Waals surface area contributed by atoms with Gasteiger partial charge in [0.05, 0.1) is 23.1 Å². The van der Waals surface area contributed by atoms with E-state index in [0.717, 1.165) is 18.2 Å². The summed E-state index contributed by atoms with van der Waals surface area (Å²) in [4.78, 5) is 11.4. The highest BCUT2D eigenvalue weighted by Gasteiger charge is 2.39. The van der Waals surface area contributed by atoms with E-state index in [1.54, 1.807) is 16.7 Å². The zero-order chi connectivity index (χ0) is 24.2. The van der Waals surface area contributed by atoms with Crippen molar-refractivity contribution in [2.75, 3.05) is 13.2 Å². The fourth-order valence-electron chi connectivity index (χ4n) is 4.74. The number of phenolic OH excluding ortho intramolecular Hbond substituents is 1. The number of aromatic carboxylic acids is 1. The molecule has 5 rings (SSSR count). The molecule has 0 spiro atoms. The summed E-state index contributed by atoms with van der Waals surface area (Å²) in [5.74, 6) is -4.19. The molecule has 0 saturated carbocycles. The molecule has 1 aliphatic rings. The predicted molar refractivity (Wildman–Crippen MR) is 120 cm³/mol. The summed E-state index contributed by atoms with van der Waals surface area (Å²) in [7, 11) is 0. The molecule has 2 heterocycles. The number of rotatable bonds is 4. The molecule has 8 heteroatoms.